The van der Waals surface area contributed by atoms with E-state index in [-0.39, 0.29) is 4.90 Å². The molecule has 0 N–H and O–H groups in total. The molecule has 0 aliphatic heterocycles. The summed E-state index contributed by atoms with van der Waals surface area (Å²) in [5.41, 5.74) is 1.02. The second kappa shape index (κ2) is 5.26. The van der Waals surface area contributed by atoms with Crippen molar-refractivity contribution >= 4 is 33.9 Å². The van der Waals surface area contributed by atoms with Gasteiger partial charge in [0, 0.05) is 5.56 Å². The summed E-state index contributed by atoms with van der Waals surface area (Å²) >= 11 is 11.9. The van der Waals surface area contributed by atoms with Gasteiger partial charge in [-0.1, -0.05) is 41.4 Å². The van der Waals surface area contributed by atoms with E-state index < -0.39 is 16.5 Å². The van der Waals surface area contributed by atoms with E-state index in [0.717, 1.165) is 6.07 Å². The predicted molar refractivity (Wildman–Crippen MR) is 70.4 cm³/mol. The van der Waals surface area contributed by atoms with Crippen molar-refractivity contribution in [3.8, 4) is 11.1 Å². The highest BCUT2D eigenvalue weighted by molar-refractivity contribution is 7.72. The molecule has 2 aromatic rings. The second-order valence-electron chi connectivity index (χ2n) is 3.52. The van der Waals surface area contributed by atoms with Crippen LogP contribution in [0.25, 0.3) is 11.1 Å². The Balaban J connectivity index is 2.59. The molecule has 0 heterocycles. The highest BCUT2D eigenvalue weighted by Gasteiger charge is 2.10. The first-order valence-corrected chi connectivity index (χ1v) is 6.82. The maximum absolute atomic E-state index is 13.6. The van der Waals surface area contributed by atoms with Crippen molar-refractivity contribution in [3.63, 3.8) is 0 Å². The molecule has 94 valence electrons. The number of benzene rings is 2. The van der Waals surface area contributed by atoms with Gasteiger partial charge in [-0.2, -0.15) is 0 Å². The molecule has 2 rings (SSSR count). The number of rotatable bonds is 2. The molecule has 0 atom stereocenters. The van der Waals surface area contributed by atoms with Crippen molar-refractivity contribution in [2.24, 2.45) is 0 Å². The van der Waals surface area contributed by atoms with E-state index in [9.17, 15) is 12.8 Å². The Bertz CT molecular complexity index is 676. The Morgan fingerprint density at radius 1 is 1.06 bits per heavy atom. The standard InChI is InChI=1S/C12H7Cl2FO2S/c13-9-3-1-2-8(12(9)14)7-4-5-11(18(16)17)10(15)6-7/h1-6,18H. The minimum Gasteiger partial charge on any atom is -0.227 e. The molecule has 2 nitrogen and oxygen atoms in total. The first-order chi connectivity index (χ1) is 8.50. The maximum atomic E-state index is 13.6. The molecule has 18 heavy (non-hydrogen) atoms. The van der Waals surface area contributed by atoms with Gasteiger partial charge >= 0.3 is 0 Å². The molecule has 0 aliphatic carbocycles. The van der Waals surface area contributed by atoms with Crippen LogP contribution in [0.2, 0.25) is 10.0 Å². The van der Waals surface area contributed by atoms with Crippen molar-refractivity contribution in [1.29, 1.82) is 0 Å². The van der Waals surface area contributed by atoms with Gasteiger partial charge in [-0.15, -0.1) is 0 Å². The van der Waals surface area contributed by atoms with Gasteiger partial charge in [0.2, 0.25) is 0 Å². The zero-order valence-corrected chi connectivity index (χ0v) is 11.3. The second-order valence-corrected chi connectivity index (χ2v) is 5.31. The molecule has 0 aromatic heterocycles. The Kier molecular flexibility index (Phi) is 3.90. The third-order valence-corrected chi connectivity index (χ3v) is 3.98. The summed E-state index contributed by atoms with van der Waals surface area (Å²) < 4.78 is 35.0. The van der Waals surface area contributed by atoms with E-state index in [1.807, 2.05) is 0 Å². The monoisotopic (exact) mass is 304 g/mol. The summed E-state index contributed by atoms with van der Waals surface area (Å²) in [6.45, 7) is 0. The van der Waals surface area contributed by atoms with Crippen molar-refractivity contribution in [3.05, 3.63) is 52.3 Å². The van der Waals surface area contributed by atoms with E-state index in [0.29, 0.717) is 21.2 Å². The lowest BCUT2D eigenvalue weighted by Crippen LogP contribution is -1.89. The highest BCUT2D eigenvalue weighted by atomic mass is 35.5. The van der Waals surface area contributed by atoms with E-state index in [4.69, 9.17) is 23.2 Å². The van der Waals surface area contributed by atoms with Gasteiger partial charge in [0.1, 0.15) is 5.82 Å². The van der Waals surface area contributed by atoms with Crippen LogP contribution in [0.1, 0.15) is 0 Å². The zero-order chi connectivity index (χ0) is 13.3. The van der Waals surface area contributed by atoms with E-state index >= 15 is 0 Å². The summed E-state index contributed by atoms with van der Waals surface area (Å²) in [4.78, 5) is -0.341. The van der Waals surface area contributed by atoms with Crippen molar-refractivity contribution in [2.75, 3.05) is 0 Å². The smallest absolute Gasteiger partial charge is 0.171 e. The normalized spacial score (nSPS) is 10.9. The van der Waals surface area contributed by atoms with Crippen LogP contribution in [-0.2, 0) is 10.7 Å². The molecule has 0 saturated heterocycles. The van der Waals surface area contributed by atoms with E-state index in [1.54, 1.807) is 18.2 Å². The molecule has 2 aromatic carbocycles. The molecule has 0 saturated carbocycles. The van der Waals surface area contributed by atoms with E-state index in [1.165, 1.54) is 12.1 Å². The van der Waals surface area contributed by atoms with Gasteiger partial charge in [-0.25, -0.2) is 12.8 Å². The van der Waals surface area contributed by atoms with Gasteiger partial charge < -0.3 is 0 Å². The fourth-order valence-electron chi connectivity index (χ4n) is 1.55. The lowest BCUT2D eigenvalue weighted by atomic mass is 10.1. The molecule has 0 fully saturated rings. The largest absolute Gasteiger partial charge is 0.227 e. The van der Waals surface area contributed by atoms with Crippen LogP contribution in [0.5, 0.6) is 0 Å². The van der Waals surface area contributed by atoms with Crippen LogP contribution < -0.4 is 0 Å². The van der Waals surface area contributed by atoms with Gasteiger partial charge in [0.15, 0.2) is 10.7 Å². The van der Waals surface area contributed by atoms with Crippen LogP contribution in [0.15, 0.2) is 41.3 Å². The first kappa shape index (κ1) is 13.3. The summed E-state index contributed by atoms with van der Waals surface area (Å²) in [5, 5.41) is 0.659. The maximum Gasteiger partial charge on any atom is 0.171 e. The molecule has 6 heteroatoms. The number of halogens is 3. The summed E-state index contributed by atoms with van der Waals surface area (Å²) in [6, 6.07) is 8.79. The number of hydrogen-bond acceptors (Lipinski definition) is 2. The molecular weight excluding hydrogens is 298 g/mol. The van der Waals surface area contributed by atoms with Crippen molar-refractivity contribution in [1.82, 2.24) is 0 Å². The Morgan fingerprint density at radius 2 is 1.78 bits per heavy atom. The lowest BCUT2D eigenvalue weighted by molar-refractivity contribution is 0.579. The van der Waals surface area contributed by atoms with E-state index in [2.05, 4.69) is 0 Å². The summed E-state index contributed by atoms with van der Waals surface area (Å²) in [5.74, 6) is -0.806. The van der Waals surface area contributed by atoms with Crippen molar-refractivity contribution < 1.29 is 12.8 Å². The third-order valence-electron chi connectivity index (χ3n) is 2.41. The van der Waals surface area contributed by atoms with Gasteiger partial charge in [0.05, 0.1) is 14.9 Å². The fraction of sp³-hybridized carbons (Fsp3) is 0. The van der Waals surface area contributed by atoms with Crippen LogP contribution in [-0.4, -0.2) is 8.42 Å². The lowest BCUT2D eigenvalue weighted by Gasteiger charge is -2.06. The predicted octanol–water partition coefficient (Wildman–Crippen LogP) is 3.77. The molecule has 0 radical (unpaired) electrons. The number of thiol groups is 1. The highest BCUT2D eigenvalue weighted by Crippen LogP contribution is 2.34. The molecule has 0 amide bonds. The molecule has 0 bridgehead atoms. The first-order valence-electron chi connectivity index (χ1n) is 4.89. The number of hydrogen-bond donors (Lipinski definition) is 1. The Morgan fingerprint density at radius 3 is 2.39 bits per heavy atom. The topological polar surface area (TPSA) is 34.1 Å². The summed E-state index contributed by atoms with van der Waals surface area (Å²) in [7, 11) is -2.95. The zero-order valence-electron chi connectivity index (χ0n) is 8.86. The van der Waals surface area contributed by atoms with Gasteiger partial charge in [-0.05, 0) is 23.8 Å². The molecular formula is C12H7Cl2FO2S. The fourth-order valence-corrected chi connectivity index (χ4v) is 2.39. The Hall–Kier alpha value is -1.10. The quantitative estimate of drug-likeness (QED) is 0.857. The molecule has 0 aliphatic rings. The van der Waals surface area contributed by atoms with Crippen molar-refractivity contribution in [2.45, 2.75) is 4.90 Å². The third kappa shape index (κ3) is 2.51. The average Bonchev–Trinajstić information content (AvgIpc) is 2.32. The molecule has 0 spiro atoms. The minimum absolute atomic E-state index is 0.304. The molecule has 0 unspecified atom stereocenters. The summed E-state index contributed by atoms with van der Waals surface area (Å²) in [6.07, 6.45) is 0. The SMILES string of the molecule is O=[SH](=O)c1ccc(-c2cccc(Cl)c2Cl)cc1F. The van der Waals surface area contributed by atoms with Crippen LogP contribution >= 0.6 is 23.2 Å². The van der Waals surface area contributed by atoms with Crippen LogP contribution in [0.3, 0.4) is 0 Å². The van der Waals surface area contributed by atoms with Crippen LogP contribution in [0, 0.1) is 5.82 Å². The van der Waals surface area contributed by atoms with Crippen LogP contribution in [0.4, 0.5) is 4.39 Å². The average molecular weight is 305 g/mol. The Labute approximate surface area is 115 Å². The minimum atomic E-state index is -2.95. The van der Waals surface area contributed by atoms with Gasteiger partial charge in [-0.3, -0.25) is 0 Å². The van der Waals surface area contributed by atoms with Gasteiger partial charge in [0.25, 0.3) is 0 Å².